The number of aliphatic hydroxyl groups excluding tert-OH is 3. The van der Waals surface area contributed by atoms with Crippen LogP contribution < -0.4 is 0 Å². The van der Waals surface area contributed by atoms with Crippen LogP contribution in [0.1, 0.15) is 0 Å². The van der Waals surface area contributed by atoms with Crippen LogP contribution in [0.5, 0.6) is 0 Å². The van der Waals surface area contributed by atoms with Gasteiger partial charge in [-0.25, -0.2) is 4.57 Å². The average molecular weight is 316 g/mol. The predicted molar refractivity (Wildman–Crippen MR) is 59.8 cm³/mol. The number of hydrogen-bond donors (Lipinski definition) is 6. The van der Waals surface area contributed by atoms with Crippen molar-refractivity contribution in [2.24, 2.45) is 11.8 Å². The molecule has 2 rings (SSSR count). The number of phosphoric acid groups is 1. The Morgan fingerprint density at radius 3 is 2.45 bits per heavy atom. The van der Waals surface area contributed by atoms with Gasteiger partial charge in [0.2, 0.25) is 0 Å². The van der Waals surface area contributed by atoms with E-state index < -0.39 is 56.7 Å². The summed E-state index contributed by atoms with van der Waals surface area (Å²) in [6, 6.07) is 0. The van der Waals surface area contributed by atoms with Crippen molar-refractivity contribution in [1.82, 2.24) is 0 Å². The molecular formula is C9H17O10P. The van der Waals surface area contributed by atoms with Crippen molar-refractivity contribution in [1.29, 1.82) is 0 Å². The maximum atomic E-state index is 10.6. The van der Waals surface area contributed by atoms with Gasteiger partial charge in [0.1, 0.15) is 0 Å². The summed E-state index contributed by atoms with van der Waals surface area (Å²) in [6.07, 6.45) is -5.56. The molecule has 0 radical (unpaired) electrons. The van der Waals surface area contributed by atoms with Gasteiger partial charge in [0, 0.05) is 7.11 Å². The maximum absolute atomic E-state index is 10.6. The molecule has 1 heterocycles. The molecule has 1 saturated heterocycles. The van der Waals surface area contributed by atoms with E-state index in [1.165, 1.54) is 7.11 Å². The van der Waals surface area contributed by atoms with E-state index in [2.05, 4.69) is 4.52 Å². The molecule has 0 amide bonds. The minimum Gasteiger partial charge on any atom is -0.390 e. The fourth-order valence-corrected chi connectivity index (χ4v) is 3.16. The molecule has 1 saturated carbocycles. The van der Waals surface area contributed by atoms with Gasteiger partial charge in [-0.05, 0) is 0 Å². The summed E-state index contributed by atoms with van der Waals surface area (Å²) in [4.78, 5) is 17.1. The first-order valence-corrected chi connectivity index (χ1v) is 7.32. The Hall–Kier alpha value is -0.130. The molecule has 0 aromatic carbocycles. The van der Waals surface area contributed by atoms with E-state index in [0.29, 0.717) is 0 Å². The van der Waals surface area contributed by atoms with E-state index in [1.807, 2.05) is 0 Å². The summed E-state index contributed by atoms with van der Waals surface area (Å²) < 4.78 is 24.5. The summed E-state index contributed by atoms with van der Waals surface area (Å²) in [5, 5.41) is 39.7. The van der Waals surface area contributed by atoms with Gasteiger partial charge in [-0.1, -0.05) is 0 Å². The first kappa shape index (κ1) is 16.2. The number of fused-ring (bicyclic) bond motifs is 1. The van der Waals surface area contributed by atoms with E-state index >= 15 is 0 Å². The van der Waals surface area contributed by atoms with Crippen molar-refractivity contribution in [3.8, 4) is 0 Å². The van der Waals surface area contributed by atoms with Gasteiger partial charge in [-0.15, -0.1) is 0 Å². The number of rotatable bonds is 5. The van der Waals surface area contributed by atoms with Crippen molar-refractivity contribution in [3.63, 3.8) is 0 Å². The highest BCUT2D eigenvalue weighted by Gasteiger charge is 2.72. The SMILES string of the molecule is COC1OC2(O)C(C(O)COP(=O)(O)O)C(O)C(O)C12. The van der Waals surface area contributed by atoms with Crippen LogP contribution in [0.15, 0.2) is 0 Å². The zero-order chi connectivity index (χ0) is 15.3. The lowest BCUT2D eigenvalue weighted by molar-refractivity contribution is -0.438. The van der Waals surface area contributed by atoms with Crippen LogP contribution in [-0.4, -0.2) is 74.3 Å². The Morgan fingerprint density at radius 2 is 1.95 bits per heavy atom. The summed E-state index contributed by atoms with van der Waals surface area (Å²) in [6.45, 7) is -0.839. The number of phosphoric ester groups is 1. The third-order valence-electron chi connectivity index (χ3n) is 3.70. The van der Waals surface area contributed by atoms with Gasteiger partial charge >= 0.3 is 7.82 Å². The molecule has 0 aromatic heterocycles. The Balaban J connectivity index is 2.10. The molecule has 11 heteroatoms. The van der Waals surface area contributed by atoms with Crippen LogP contribution in [0.3, 0.4) is 0 Å². The van der Waals surface area contributed by atoms with Crippen molar-refractivity contribution in [2.45, 2.75) is 30.4 Å². The van der Waals surface area contributed by atoms with Crippen molar-refractivity contribution in [3.05, 3.63) is 0 Å². The third kappa shape index (κ3) is 2.53. The topological polar surface area (TPSA) is 166 Å². The lowest BCUT2D eigenvalue weighted by Gasteiger charge is -2.49. The normalized spacial score (nSPS) is 45.9. The molecule has 7 atom stereocenters. The van der Waals surface area contributed by atoms with Crippen LogP contribution in [-0.2, 0) is 18.6 Å². The highest BCUT2D eigenvalue weighted by Crippen LogP contribution is 2.54. The smallest absolute Gasteiger partial charge is 0.390 e. The number of methoxy groups -OCH3 is 1. The average Bonchev–Trinajstić information content (AvgIpc) is 2.45. The molecule has 1 aliphatic heterocycles. The van der Waals surface area contributed by atoms with Crippen LogP contribution in [0, 0.1) is 11.8 Å². The molecule has 118 valence electrons. The monoisotopic (exact) mass is 316 g/mol. The molecule has 2 aliphatic rings. The second-order valence-corrected chi connectivity index (χ2v) is 6.10. The molecule has 0 aromatic rings. The summed E-state index contributed by atoms with van der Waals surface area (Å²) >= 11 is 0. The molecule has 0 spiro atoms. The van der Waals surface area contributed by atoms with Crippen LogP contribution in [0.25, 0.3) is 0 Å². The van der Waals surface area contributed by atoms with Crippen molar-refractivity contribution >= 4 is 7.82 Å². The Labute approximate surface area is 113 Å². The van der Waals surface area contributed by atoms with Gasteiger partial charge in [0.15, 0.2) is 12.1 Å². The highest BCUT2D eigenvalue weighted by molar-refractivity contribution is 7.46. The van der Waals surface area contributed by atoms with E-state index in [4.69, 9.17) is 19.3 Å². The maximum Gasteiger partial charge on any atom is 0.469 e. The van der Waals surface area contributed by atoms with Crippen LogP contribution in [0.2, 0.25) is 0 Å². The highest BCUT2D eigenvalue weighted by atomic mass is 31.2. The van der Waals surface area contributed by atoms with E-state index in [9.17, 15) is 25.0 Å². The Bertz CT molecular complexity index is 412. The largest absolute Gasteiger partial charge is 0.469 e. The van der Waals surface area contributed by atoms with Gasteiger partial charge < -0.3 is 39.7 Å². The fraction of sp³-hybridized carbons (Fsp3) is 1.00. The van der Waals surface area contributed by atoms with E-state index in [0.717, 1.165) is 0 Å². The number of aliphatic hydroxyl groups is 4. The summed E-state index contributed by atoms with van der Waals surface area (Å²) in [5.41, 5.74) is 0. The van der Waals surface area contributed by atoms with Gasteiger partial charge in [0.05, 0.1) is 36.8 Å². The molecular weight excluding hydrogens is 299 g/mol. The minimum absolute atomic E-state index is 0.839. The number of ether oxygens (including phenoxy) is 2. The van der Waals surface area contributed by atoms with Gasteiger partial charge in [0.25, 0.3) is 0 Å². The summed E-state index contributed by atoms with van der Waals surface area (Å²) in [7, 11) is -3.52. The Kier molecular flexibility index (Phi) is 4.27. The minimum atomic E-state index is -4.80. The van der Waals surface area contributed by atoms with Crippen LogP contribution in [0.4, 0.5) is 0 Å². The molecule has 7 unspecified atom stereocenters. The van der Waals surface area contributed by atoms with Crippen molar-refractivity contribution in [2.75, 3.05) is 13.7 Å². The van der Waals surface area contributed by atoms with Crippen LogP contribution >= 0.6 is 7.82 Å². The lowest BCUT2D eigenvalue weighted by atomic mass is 9.86. The number of hydrogen-bond acceptors (Lipinski definition) is 8. The van der Waals surface area contributed by atoms with Crippen molar-refractivity contribution < 1.29 is 48.8 Å². The standard InChI is InChI=1S/C9H17O10P/c1-17-8-5-7(12)6(11)4(9(5,13)19-8)3(10)2-18-20(14,15)16/h3-8,10-13H,2H2,1H3,(H2,14,15,16). The molecule has 0 bridgehead atoms. The summed E-state index contributed by atoms with van der Waals surface area (Å²) in [5.74, 6) is -4.41. The molecule has 1 aliphatic carbocycles. The van der Waals surface area contributed by atoms with E-state index in [1.54, 1.807) is 0 Å². The molecule has 6 N–H and O–H groups in total. The van der Waals surface area contributed by atoms with E-state index in [-0.39, 0.29) is 0 Å². The van der Waals surface area contributed by atoms with Gasteiger partial charge in [-0.3, -0.25) is 4.52 Å². The first-order chi connectivity index (χ1) is 9.12. The first-order valence-electron chi connectivity index (χ1n) is 5.79. The Morgan fingerprint density at radius 1 is 1.35 bits per heavy atom. The third-order valence-corrected chi connectivity index (χ3v) is 4.18. The quantitative estimate of drug-likeness (QED) is 0.290. The molecule has 10 nitrogen and oxygen atoms in total. The van der Waals surface area contributed by atoms with Gasteiger partial charge in [-0.2, -0.15) is 0 Å². The predicted octanol–water partition coefficient (Wildman–Crippen LogP) is -2.88. The second-order valence-electron chi connectivity index (χ2n) is 4.86. The molecule has 20 heavy (non-hydrogen) atoms. The molecule has 2 fully saturated rings. The fourth-order valence-electron chi connectivity index (χ4n) is 2.81. The second kappa shape index (κ2) is 5.25. The zero-order valence-electron chi connectivity index (χ0n) is 10.4. The zero-order valence-corrected chi connectivity index (χ0v) is 11.3. The lowest BCUT2D eigenvalue weighted by Crippen LogP contribution is -2.64.